The number of hydrogen-bond donors (Lipinski definition) is 0. The lowest BCUT2D eigenvalue weighted by molar-refractivity contribution is -0.143. The van der Waals surface area contributed by atoms with E-state index in [1.54, 1.807) is 13.2 Å². The van der Waals surface area contributed by atoms with E-state index in [9.17, 15) is 9.18 Å². The van der Waals surface area contributed by atoms with Crippen LogP contribution >= 0.6 is 0 Å². The molecule has 2 aromatic heterocycles. The van der Waals surface area contributed by atoms with Crippen molar-refractivity contribution in [2.24, 2.45) is 11.8 Å². The summed E-state index contributed by atoms with van der Waals surface area (Å²) in [4.78, 5) is 20.7. The zero-order valence-electron chi connectivity index (χ0n) is 19.5. The van der Waals surface area contributed by atoms with Gasteiger partial charge in [-0.25, -0.2) is 14.4 Å². The third-order valence-corrected chi connectivity index (χ3v) is 6.83. The molecule has 2 aliphatic carbocycles. The number of carbonyl (C=O) groups excluding carboxylic acids is 1. The summed E-state index contributed by atoms with van der Waals surface area (Å²) in [6.07, 6.45) is 7.65. The Balaban J connectivity index is 1.31. The second-order valence-electron chi connectivity index (χ2n) is 9.13. The summed E-state index contributed by atoms with van der Waals surface area (Å²) >= 11 is 0. The molecular formula is C26H33FN2O4. The maximum absolute atomic E-state index is 14.3. The Bertz CT molecular complexity index is 942. The molecule has 0 saturated heterocycles. The number of ether oxygens (including phenoxy) is 3. The van der Waals surface area contributed by atoms with Crippen LogP contribution in [-0.4, -0.2) is 36.3 Å². The van der Waals surface area contributed by atoms with E-state index in [-0.39, 0.29) is 23.6 Å². The molecule has 2 aliphatic rings. The van der Waals surface area contributed by atoms with E-state index in [2.05, 4.69) is 4.98 Å². The third kappa shape index (κ3) is 6.21. The van der Waals surface area contributed by atoms with Crippen LogP contribution in [0.25, 0.3) is 0 Å². The average molecular weight is 457 g/mol. The molecule has 7 heteroatoms. The largest absolute Gasteiger partial charge is 0.481 e. The fourth-order valence-electron chi connectivity index (χ4n) is 4.83. The highest BCUT2D eigenvalue weighted by atomic mass is 19.1. The van der Waals surface area contributed by atoms with E-state index >= 15 is 0 Å². The van der Waals surface area contributed by atoms with Crippen LogP contribution < -0.4 is 9.47 Å². The smallest absolute Gasteiger partial charge is 0.306 e. The van der Waals surface area contributed by atoms with Crippen molar-refractivity contribution in [2.45, 2.75) is 63.7 Å². The summed E-state index contributed by atoms with van der Waals surface area (Å²) in [7, 11) is 1.55. The van der Waals surface area contributed by atoms with Gasteiger partial charge in [-0.15, -0.1) is 0 Å². The average Bonchev–Trinajstić information content (AvgIpc) is 3.68. The molecule has 0 bridgehead atoms. The maximum atomic E-state index is 14.3. The highest BCUT2D eigenvalue weighted by Gasteiger charge is 2.35. The van der Waals surface area contributed by atoms with Gasteiger partial charge in [0.2, 0.25) is 11.8 Å². The summed E-state index contributed by atoms with van der Waals surface area (Å²) in [5.41, 5.74) is 1.61. The second kappa shape index (κ2) is 10.9. The van der Waals surface area contributed by atoms with Crippen molar-refractivity contribution in [1.29, 1.82) is 0 Å². The number of carbonyl (C=O) groups is 1. The lowest BCUT2D eigenvalue weighted by Crippen LogP contribution is -2.20. The summed E-state index contributed by atoms with van der Waals surface area (Å²) in [5.74, 6) is 1.82. The number of aromatic nitrogens is 2. The van der Waals surface area contributed by atoms with Gasteiger partial charge in [0, 0.05) is 23.7 Å². The Kier molecular flexibility index (Phi) is 7.78. The van der Waals surface area contributed by atoms with Gasteiger partial charge in [0.25, 0.3) is 0 Å². The van der Waals surface area contributed by atoms with Gasteiger partial charge in [0.15, 0.2) is 0 Å². The van der Waals surface area contributed by atoms with Crippen LogP contribution in [0.15, 0.2) is 30.5 Å². The Morgan fingerprint density at radius 3 is 2.64 bits per heavy atom. The van der Waals surface area contributed by atoms with E-state index in [0.717, 1.165) is 44.2 Å². The van der Waals surface area contributed by atoms with Gasteiger partial charge in [-0.05, 0) is 74.8 Å². The van der Waals surface area contributed by atoms with Gasteiger partial charge in [0.1, 0.15) is 5.82 Å². The van der Waals surface area contributed by atoms with Crippen LogP contribution in [0.3, 0.4) is 0 Å². The molecule has 0 N–H and O–H groups in total. The summed E-state index contributed by atoms with van der Waals surface area (Å²) < 4.78 is 30.6. The molecular weight excluding hydrogens is 423 g/mol. The summed E-state index contributed by atoms with van der Waals surface area (Å²) in [6, 6.07) is 7.54. The number of halogens is 1. The van der Waals surface area contributed by atoms with Gasteiger partial charge in [-0.3, -0.25) is 4.79 Å². The van der Waals surface area contributed by atoms with E-state index in [4.69, 9.17) is 19.2 Å². The lowest BCUT2D eigenvalue weighted by atomic mass is 9.79. The molecule has 4 rings (SSSR count). The molecule has 0 aromatic carbocycles. The number of methoxy groups -OCH3 is 1. The first-order chi connectivity index (χ1) is 16.1. The first-order valence-corrected chi connectivity index (χ1v) is 12.0. The lowest BCUT2D eigenvalue weighted by Gasteiger charge is -2.29. The SMILES string of the molecule is CCOC(=O)CC(c1cccc(OCC2CCC(c3cc(OC)ncc3F)CC2)n1)C1CC1. The minimum Gasteiger partial charge on any atom is -0.481 e. The van der Waals surface area contributed by atoms with E-state index in [1.165, 1.54) is 6.20 Å². The highest BCUT2D eigenvalue weighted by molar-refractivity contribution is 5.70. The predicted molar refractivity (Wildman–Crippen MR) is 122 cm³/mol. The van der Waals surface area contributed by atoms with Gasteiger partial charge < -0.3 is 14.2 Å². The van der Waals surface area contributed by atoms with E-state index < -0.39 is 0 Å². The molecule has 2 heterocycles. The Morgan fingerprint density at radius 1 is 1.15 bits per heavy atom. The van der Waals surface area contributed by atoms with Crippen molar-refractivity contribution in [3.63, 3.8) is 0 Å². The Morgan fingerprint density at radius 2 is 1.94 bits per heavy atom. The first kappa shape index (κ1) is 23.5. The van der Waals surface area contributed by atoms with Crippen molar-refractivity contribution < 1.29 is 23.4 Å². The fourth-order valence-corrected chi connectivity index (χ4v) is 4.83. The standard InChI is InChI=1S/C26H33FN2O4/c1-3-32-26(30)14-21(19-11-12-19)23-5-4-6-24(29-23)33-16-17-7-9-18(10-8-17)20-13-25(31-2)28-15-22(20)27/h4-6,13,15,17-19,21H,3,7-12,14,16H2,1-2H3. The van der Waals surface area contributed by atoms with Crippen molar-refractivity contribution in [3.05, 3.63) is 47.5 Å². The zero-order valence-corrected chi connectivity index (χ0v) is 19.5. The van der Waals surface area contributed by atoms with Gasteiger partial charge in [0.05, 0.1) is 32.9 Å². The number of rotatable bonds is 10. The quantitative estimate of drug-likeness (QED) is 0.445. The van der Waals surface area contributed by atoms with Gasteiger partial charge in [-0.2, -0.15) is 0 Å². The zero-order chi connectivity index (χ0) is 23.2. The van der Waals surface area contributed by atoms with Crippen LogP contribution in [0.4, 0.5) is 4.39 Å². The van der Waals surface area contributed by atoms with Crippen molar-refractivity contribution in [3.8, 4) is 11.8 Å². The van der Waals surface area contributed by atoms with Crippen LogP contribution in [0.1, 0.15) is 75.0 Å². The Hall–Kier alpha value is -2.70. The topological polar surface area (TPSA) is 70.5 Å². The number of hydrogen-bond acceptors (Lipinski definition) is 6. The minimum absolute atomic E-state index is 0.0929. The summed E-state index contributed by atoms with van der Waals surface area (Å²) in [5, 5.41) is 0. The molecule has 2 aromatic rings. The van der Waals surface area contributed by atoms with Crippen molar-refractivity contribution >= 4 is 5.97 Å². The second-order valence-corrected chi connectivity index (χ2v) is 9.13. The molecule has 178 valence electrons. The number of esters is 1. The molecule has 2 fully saturated rings. The number of pyridine rings is 2. The van der Waals surface area contributed by atoms with Crippen molar-refractivity contribution in [2.75, 3.05) is 20.3 Å². The van der Waals surface area contributed by atoms with Crippen molar-refractivity contribution in [1.82, 2.24) is 9.97 Å². The van der Waals surface area contributed by atoms with Crippen LogP contribution in [0.2, 0.25) is 0 Å². The molecule has 0 aliphatic heterocycles. The van der Waals surface area contributed by atoms with Gasteiger partial charge in [-0.1, -0.05) is 6.07 Å². The molecule has 6 nitrogen and oxygen atoms in total. The first-order valence-electron chi connectivity index (χ1n) is 12.0. The molecule has 2 saturated carbocycles. The van der Waals surface area contributed by atoms with Gasteiger partial charge >= 0.3 is 5.97 Å². The molecule has 1 unspecified atom stereocenters. The minimum atomic E-state index is -0.260. The fraction of sp³-hybridized carbons (Fsp3) is 0.577. The predicted octanol–water partition coefficient (Wildman–Crippen LogP) is 5.42. The molecule has 0 radical (unpaired) electrons. The Labute approximate surface area is 194 Å². The number of nitrogens with zero attached hydrogens (tertiary/aromatic N) is 2. The van der Waals surface area contributed by atoms with Crippen LogP contribution in [0.5, 0.6) is 11.8 Å². The summed E-state index contributed by atoms with van der Waals surface area (Å²) in [6.45, 7) is 2.82. The van der Waals surface area contributed by atoms with Crippen LogP contribution in [-0.2, 0) is 9.53 Å². The molecule has 0 amide bonds. The maximum Gasteiger partial charge on any atom is 0.306 e. The van der Waals surface area contributed by atoms with E-state index in [0.29, 0.717) is 48.8 Å². The normalized spacial score (nSPS) is 21.3. The monoisotopic (exact) mass is 456 g/mol. The van der Waals surface area contributed by atoms with E-state index in [1.807, 2.05) is 25.1 Å². The molecule has 33 heavy (non-hydrogen) atoms. The highest BCUT2D eigenvalue weighted by Crippen LogP contribution is 2.44. The molecule has 1 atom stereocenters. The third-order valence-electron chi connectivity index (χ3n) is 6.83. The molecule has 0 spiro atoms. The van der Waals surface area contributed by atoms with Crippen LogP contribution in [0, 0.1) is 17.7 Å².